The zero-order chi connectivity index (χ0) is 18.0. The zero-order valence-corrected chi connectivity index (χ0v) is 15.8. The molecule has 2 aromatic carbocycles. The number of rotatable bonds is 4. The van der Waals surface area contributed by atoms with E-state index >= 15 is 0 Å². The Morgan fingerprint density at radius 1 is 0.920 bits per heavy atom. The van der Waals surface area contributed by atoms with E-state index in [0.717, 1.165) is 12.0 Å². The fourth-order valence-corrected chi connectivity index (χ4v) is 6.38. The number of allylic oxidation sites excluding steroid dienone is 4. The maximum Gasteiger partial charge on any atom is 0.226 e. The molecule has 0 heterocycles. The van der Waals surface area contributed by atoms with Gasteiger partial charge in [0.05, 0.1) is 0 Å². The van der Waals surface area contributed by atoms with Gasteiger partial charge >= 0.3 is 0 Å². The van der Waals surface area contributed by atoms with Gasteiger partial charge in [-0.3, -0.25) is 4.79 Å². The van der Waals surface area contributed by atoms with Crippen LogP contribution in [0.2, 0.25) is 0 Å². The zero-order valence-electron chi connectivity index (χ0n) is 14.9. The monoisotopic (exact) mass is 350 g/mol. The number of hydrogen-bond acceptors (Lipinski definition) is 2. The first-order valence-electron chi connectivity index (χ1n) is 8.58. The molecule has 3 heteroatoms. The van der Waals surface area contributed by atoms with Gasteiger partial charge in [-0.05, 0) is 31.8 Å². The third-order valence-corrected chi connectivity index (χ3v) is 7.63. The predicted molar refractivity (Wildman–Crippen MR) is 105 cm³/mol. The van der Waals surface area contributed by atoms with E-state index < -0.39 is 7.14 Å². The summed E-state index contributed by atoms with van der Waals surface area (Å²) in [6, 6.07) is 18.3. The molecule has 1 unspecified atom stereocenters. The Balaban J connectivity index is 2.22. The molecule has 3 rings (SSSR count). The first-order valence-corrected chi connectivity index (χ1v) is 10.3. The van der Waals surface area contributed by atoms with Crippen molar-refractivity contribution in [2.45, 2.75) is 27.2 Å². The van der Waals surface area contributed by atoms with Crippen LogP contribution in [0, 0.1) is 5.92 Å². The smallest absolute Gasteiger partial charge is 0.226 e. The summed E-state index contributed by atoms with van der Waals surface area (Å²) in [4.78, 5) is 13.6. The van der Waals surface area contributed by atoms with Gasteiger partial charge in [-0.25, -0.2) is 0 Å². The highest BCUT2D eigenvalue weighted by atomic mass is 31.2. The average molecular weight is 350 g/mol. The van der Waals surface area contributed by atoms with Gasteiger partial charge in [0.15, 0.2) is 0 Å². The molecule has 0 N–H and O–H groups in total. The lowest BCUT2D eigenvalue weighted by molar-refractivity contribution is -0.109. The van der Waals surface area contributed by atoms with Crippen LogP contribution in [-0.2, 0) is 9.36 Å². The van der Waals surface area contributed by atoms with Crippen LogP contribution in [0.25, 0.3) is 0 Å². The van der Waals surface area contributed by atoms with E-state index in [-0.39, 0.29) is 11.4 Å². The van der Waals surface area contributed by atoms with E-state index in [1.807, 2.05) is 56.3 Å². The summed E-state index contributed by atoms with van der Waals surface area (Å²) < 4.78 is 14.2. The summed E-state index contributed by atoms with van der Waals surface area (Å²) in [5.74, 6) is 0.0817. The van der Waals surface area contributed by atoms with Crippen molar-refractivity contribution in [3.05, 3.63) is 83.5 Å². The summed E-state index contributed by atoms with van der Waals surface area (Å²) in [5.41, 5.74) is 2.68. The van der Waals surface area contributed by atoms with Gasteiger partial charge in [0.2, 0.25) is 12.7 Å². The van der Waals surface area contributed by atoms with Crippen molar-refractivity contribution in [2.75, 3.05) is 0 Å². The first kappa shape index (κ1) is 17.6. The van der Waals surface area contributed by atoms with Crippen molar-refractivity contribution >= 4 is 23.3 Å². The van der Waals surface area contributed by atoms with Crippen LogP contribution < -0.4 is 10.6 Å². The van der Waals surface area contributed by atoms with Crippen molar-refractivity contribution in [1.29, 1.82) is 0 Å². The highest BCUT2D eigenvalue weighted by Gasteiger charge is 2.40. The molecule has 1 atom stereocenters. The van der Waals surface area contributed by atoms with E-state index in [0.29, 0.717) is 16.2 Å². The van der Waals surface area contributed by atoms with Crippen LogP contribution in [0.3, 0.4) is 0 Å². The van der Waals surface area contributed by atoms with Crippen LogP contribution in [0.5, 0.6) is 0 Å². The normalized spacial score (nSPS) is 18.0. The predicted octanol–water partition coefficient (Wildman–Crippen LogP) is 4.83. The van der Waals surface area contributed by atoms with Gasteiger partial charge < -0.3 is 4.57 Å². The SMILES string of the molecule is CC1=CC(C)=C(C(=O)P(=O)(c2ccccc2)c2ccccc2)C(C)C1. The van der Waals surface area contributed by atoms with Crippen LogP contribution in [0.4, 0.5) is 0 Å². The second kappa shape index (κ2) is 6.98. The Morgan fingerprint density at radius 3 is 1.84 bits per heavy atom. The molecule has 0 aliphatic heterocycles. The van der Waals surface area contributed by atoms with Crippen LogP contribution in [-0.4, -0.2) is 5.52 Å². The lowest BCUT2D eigenvalue weighted by atomic mass is 9.86. The second-order valence-corrected chi connectivity index (χ2v) is 9.44. The summed E-state index contributed by atoms with van der Waals surface area (Å²) in [6.07, 6.45) is 2.88. The van der Waals surface area contributed by atoms with Gasteiger partial charge in [-0.15, -0.1) is 0 Å². The maximum absolute atomic E-state index is 14.2. The molecule has 2 nitrogen and oxygen atoms in total. The van der Waals surface area contributed by atoms with E-state index in [9.17, 15) is 9.36 Å². The van der Waals surface area contributed by atoms with E-state index in [4.69, 9.17) is 0 Å². The lowest BCUT2D eigenvalue weighted by Crippen LogP contribution is -2.26. The standard InChI is InChI=1S/C22H23O2P/c1-16-14-17(2)21(18(3)15-16)22(23)25(24,19-10-6-4-7-11-19)20-12-8-5-9-13-20/h4-14,18H,15H2,1-3H3. The number of benzene rings is 2. The van der Waals surface area contributed by atoms with Crippen molar-refractivity contribution < 1.29 is 9.36 Å². The summed E-state index contributed by atoms with van der Waals surface area (Å²) in [7, 11) is -3.40. The largest absolute Gasteiger partial charge is 0.305 e. The topological polar surface area (TPSA) is 34.1 Å². The first-order chi connectivity index (χ1) is 11.9. The second-order valence-electron chi connectivity index (χ2n) is 6.78. The van der Waals surface area contributed by atoms with Gasteiger partial charge in [0.25, 0.3) is 0 Å². The van der Waals surface area contributed by atoms with Gasteiger partial charge in [0.1, 0.15) is 0 Å². The molecular formula is C22H23O2P. The Hall–Kier alpha value is -2.18. The molecule has 0 radical (unpaired) electrons. The molecule has 0 fully saturated rings. The molecule has 1 aliphatic carbocycles. The van der Waals surface area contributed by atoms with Crippen molar-refractivity contribution in [1.82, 2.24) is 0 Å². The minimum absolute atomic E-state index is 0.0817. The Bertz CT molecular complexity index is 849. The fraction of sp³-hybridized carbons (Fsp3) is 0.227. The third kappa shape index (κ3) is 3.19. The molecule has 25 heavy (non-hydrogen) atoms. The summed E-state index contributed by atoms with van der Waals surface area (Å²) in [6.45, 7) is 6.08. The molecule has 0 saturated carbocycles. The molecule has 128 valence electrons. The highest BCUT2D eigenvalue weighted by Crippen LogP contribution is 2.49. The number of carbonyl (C=O) groups excluding carboxylic acids is 1. The van der Waals surface area contributed by atoms with Crippen molar-refractivity contribution in [2.24, 2.45) is 5.92 Å². The van der Waals surface area contributed by atoms with E-state index in [1.165, 1.54) is 5.57 Å². The van der Waals surface area contributed by atoms with Crippen LogP contribution in [0.1, 0.15) is 27.2 Å². The minimum atomic E-state index is -3.40. The molecular weight excluding hydrogens is 327 g/mol. The quantitative estimate of drug-likeness (QED) is 0.740. The molecule has 0 saturated heterocycles. The van der Waals surface area contributed by atoms with Crippen molar-refractivity contribution in [3.8, 4) is 0 Å². The molecule has 0 aromatic heterocycles. The molecule has 0 bridgehead atoms. The lowest BCUT2D eigenvalue weighted by Gasteiger charge is -2.26. The Morgan fingerprint density at radius 2 is 1.40 bits per heavy atom. The van der Waals surface area contributed by atoms with E-state index in [2.05, 4.69) is 6.92 Å². The van der Waals surface area contributed by atoms with Gasteiger partial charge in [-0.2, -0.15) is 0 Å². The maximum atomic E-state index is 14.2. The van der Waals surface area contributed by atoms with Crippen LogP contribution >= 0.6 is 7.14 Å². The molecule has 0 spiro atoms. The Labute approximate surface area is 149 Å². The highest BCUT2D eigenvalue weighted by molar-refractivity contribution is 7.93. The van der Waals surface area contributed by atoms with Crippen LogP contribution in [0.15, 0.2) is 83.5 Å². The molecule has 0 amide bonds. The average Bonchev–Trinajstić information content (AvgIpc) is 2.61. The molecule has 2 aromatic rings. The molecule has 1 aliphatic rings. The van der Waals surface area contributed by atoms with Gasteiger partial charge in [-0.1, -0.05) is 79.2 Å². The summed E-state index contributed by atoms with van der Waals surface area (Å²) in [5, 5.41) is 1.20. The number of carbonyl (C=O) groups is 1. The van der Waals surface area contributed by atoms with Crippen molar-refractivity contribution in [3.63, 3.8) is 0 Å². The van der Waals surface area contributed by atoms with Gasteiger partial charge in [0, 0.05) is 16.2 Å². The minimum Gasteiger partial charge on any atom is -0.305 e. The third-order valence-electron chi connectivity index (χ3n) is 4.76. The Kier molecular flexibility index (Phi) is 4.92. The summed E-state index contributed by atoms with van der Waals surface area (Å²) >= 11 is 0. The van der Waals surface area contributed by atoms with E-state index in [1.54, 1.807) is 24.3 Å². The number of hydrogen-bond donors (Lipinski definition) is 0. The fourth-order valence-electron chi connectivity index (χ4n) is 3.69.